The smallest absolute Gasteiger partial charge is 0.148 e. The van der Waals surface area contributed by atoms with Gasteiger partial charge in [-0.2, -0.15) is 5.26 Å². The second kappa shape index (κ2) is 4.28. The minimum Gasteiger partial charge on any atom is -0.353 e. The molecule has 0 spiro atoms. The number of halogens is 1. The minimum atomic E-state index is 0.142. The van der Waals surface area contributed by atoms with Gasteiger partial charge in [-0.15, -0.1) is 0 Å². The summed E-state index contributed by atoms with van der Waals surface area (Å²) in [7, 11) is 0. The fourth-order valence-corrected chi connectivity index (χ4v) is 2.18. The number of anilines is 1. The maximum atomic E-state index is 8.88. The van der Waals surface area contributed by atoms with Crippen molar-refractivity contribution in [1.82, 2.24) is 4.98 Å². The summed E-state index contributed by atoms with van der Waals surface area (Å²) >= 11 is 6.12. The Labute approximate surface area is 99.6 Å². The van der Waals surface area contributed by atoms with E-state index in [4.69, 9.17) is 22.6 Å². The average molecular weight is 237 g/mol. The molecule has 0 aromatic carbocycles. The van der Waals surface area contributed by atoms with E-state index >= 15 is 0 Å². The molecule has 0 bridgehead atoms. The molecule has 0 aliphatic carbocycles. The molecule has 2 atom stereocenters. The third-order valence-corrected chi connectivity index (χ3v) is 3.33. The summed E-state index contributed by atoms with van der Waals surface area (Å²) in [6.45, 7) is 3.68. The van der Waals surface area contributed by atoms with Gasteiger partial charge in [0.05, 0.1) is 5.56 Å². The fourth-order valence-electron chi connectivity index (χ4n) is 1.90. The number of hydrogen-bond donors (Lipinski definition) is 1. The van der Waals surface area contributed by atoms with Gasteiger partial charge >= 0.3 is 0 Å². The lowest BCUT2D eigenvalue weighted by molar-refractivity contribution is 0.566. The van der Waals surface area contributed by atoms with Crippen LogP contribution in [0.3, 0.4) is 0 Å². The van der Waals surface area contributed by atoms with Gasteiger partial charge in [-0.25, -0.2) is 4.98 Å². The van der Waals surface area contributed by atoms with Crippen LogP contribution in [0.2, 0.25) is 5.02 Å². The summed E-state index contributed by atoms with van der Waals surface area (Å²) in [6, 6.07) is 3.81. The predicted molar refractivity (Wildman–Crippen MR) is 63.3 cm³/mol. The fraction of sp³-hybridized carbons (Fsp3) is 0.455. The van der Waals surface area contributed by atoms with Crippen LogP contribution in [0.1, 0.15) is 12.5 Å². The lowest BCUT2D eigenvalue weighted by Crippen LogP contribution is -2.28. The first kappa shape index (κ1) is 11.2. The van der Waals surface area contributed by atoms with Crippen LogP contribution in [0.25, 0.3) is 0 Å². The van der Waals surface area contributed by atoms with Gasteiger partial charge in [0.15, 0.2) is 0 Å². The van der Waals surface area contributed by atoms with Crippen LogP contribution in [0.5, 0.6) is 0 Å². The van der Waals surface area contributed by atoms with Crippen molar-refractivity contribution in [3.63, 3.8) is 0 Å². The first-order chi connectivity index (χ1) is 7.63. The zero-order valence-electron chi connectivity index (χ0n) is 9.02. The molecule has 1 aliphatic rings. The van der Waals surface area contributed by atoms with Crippen molar-refractivity contribution in [2.45, 2.75) is 13.0 Å². The van der Waals surface area contributed by atoms with Gasteiger partial charge in [-0.1, -0.05) is 18.5 Å². The van der Waals surface area contributed by atoms with Gasteiger partial charge in [0, 0.05) is 25.3 Å². The Morgan fingerprint density at radius 3 is 2.94 bits per heavy atom. The molecule has 4 nitrogen and oxygen atoms in total. The highest BCUT2D eigenvalue weighted by molar-refractivity contribution is 6.34. The van der Waals surface area contributed by atoms with Crippen molar-refractivity contribution in [1.29, 1.82) is 5.26 Å². The van der Waals surface area contributed by atoms with Crippen LogP contribution in [-0.4, -0.2) is 24.1 Å². The number of nitrogens with zero attached hydrogens (tertiary/aromatic N) is 3. The van der Waals surface area contributed by atoms with Crippen LogP contribution in [0.15, 0.2) is 12.3 Å². The third-order valence-electron chi connectivity index (χ3n) is 2.96. The zero-order chi connectivity index (χ0) is 11.7. The SMILES string of the molecule is CC1CN(c2nccc(C#N)c2Cl)CC1N. The van der Waals surface area contributed by atoms with Crippen molar-refractivity contribution in [3.05, 3.63) is 22.8 Å². The van der Waals surface area contributed by atoms with Crippen molar-refractivity contribution >= 4 is 17.4 Å². The number of aromatic nitrogens is 1. The largest absolute Gasteiger partial charge is 0.353 e. The van der Waals surface area contributed by atoms with E-state index in [1.54, 1.807) is 12.3 Å². The monoisotopic (exact) mass is 236 g/mol. The molecule has 2 rings (SSSR count). The highest BCUT2D eigenvalue weighted by atomic mass is 35.5. The molecule has 2 unspecified atom stereocenters. The van der Waals surface area contributed by atoms with E-state index in [0.29, 0.717) is 22.3 Å². The molecule has 2 heterocycles. The molecule has 0 radical (unpaired) electrons. The molecule has 1 aromatic heterocycles. The maximum absolute atomic E-state index is 8.88. The van der Waals surface area contributed by atoms with E-state index in [0.717, 1.165) is 13.1 Å². The summed E-state index contributed by atoms with van der Waals surface area (Å²) in [6.07, 6.45) is 1.61. The number of pyridine rings is 1. The van der Waals surface area contributed by atoms with E-state index in [9.17, 15) is 0 Å². The number of nitrogens with two attached hydrogens (primary N) is 1. The normalized spacial score (nSPS) is 24.5. The van der Waals surface area contributed by atoms with Crippen molar-refractivity contribution in [2.24, 2.45) is 11.7 Å². The maximum Gasteiger partial charge on any atom is 0.148 e. The topological polar surface area (TPSA) is 65.9 Å². The van der Waals surface area contributed by atoms with Crippen LogP contribution in [0, 0.1) is 17.2 Å². The highest BCUT2D eigenvalue weighted by Crippen LogP contribution is 2.29. The van der Waals surface area contributed by atoms with E-state index < -0.39 is 0 Å². The van der Waals surface area contributed by atoms with E-state index in [1.165, 1.54) is 0 Å². The summed E-state index contributed by atoms with van der Waals surface area (Å²) in [5, 5.41) is 9.31. The molecule has 2 N–H and O–H groups in total. The Balaban J connectivity index is 2.32. The van der Waals surface area contributed by atoms with Crippen molar-refractivity contribution in [2.75, 3.05) is 18.0 Å². The van der Waals surface area contributed by atoms with Crippen molar-refractivity contribution in [3.8, 4) is 6.07 Å². The number of hydrogen-bond acceptors (Lipinski definition) is 4. The Morgan fingerprint density at radius 2 is 2.38 bits per heavy atom. The Kier molecular flexibility index (Phi) is 2.99. The standard InChI is InChI=1S/C11H13ClN4/c1-7-5-16(6-9(7)14)11-10(12)8(4-13)2-3-15-11/h2-3,7,9H,5-6,14H2,1H3. The molecule has 1 aliphatic heterocycles. The summed E-state index contributed by atoms with van der Waals surface area (Å²) < 4.78 is 0. The van der Waals surface area contributed by atoms with Gasteiger partial charge in [-0.05, 0) is 12.0 Å². The first-order valence-corrected chi connectivity index (χ1v) is 5.56. The van der Waals surface area contributed by atoms with Gasteiger partial charge in [0.25, 0.3) is 0 Å². The van der Waals surface area contributed by atoms with Crippen molar-refractivity contribution < 1.29 is 0 Å². The average Bonchev–Trinajstić information content (AvgIpc) is 2.59. The lowest BCUT2D eigenvalue weighted by atomic mass is 10.1. The Morgan fingerprint density at radius 1 is 1.62 bits per heavy atom. The van der Waals surface area contributed by atoms with Crippen LogP contribution in [-0.2, 0) is 0 Å². The van der Waals surface area contributed by atoms with E-state index in [2.05, 4.69) is 18.0 Å². The molecule has 1 fully saturated rings. The third kappa shape index (κ3) is 1.84. The zero-order valence-corrected chi connectivity index (χ0v) is 9.78. The second-order valence-corrected chi connectivity index (χ2v) is 4.53. The van der Waals surface area contributed by atoms with Gasteiger partial charge < -0.3 is 10.6 Å². The molecular formula is C11H13ClN4. The molecule has 0 amide bonds. The first-order valence-electron chi connectivity index (χ1n) is 5.18. The van der Waals surface area contributed by atoms with E-state index in [1.807, 2.05) is 4.90 Å². The van der Waals surface area contributed by atoms with Crippen LogP contribution < -0.4 is 10.6 Å². The summed E-state index contributed by atoms with van der Waals surface area (Å²) in [5.41, 5.74) is 6.41. The summed E-state index contributed by atoms with van der Waals surface area (Å²) in [4.78, 5) is 6.27. The van der Waals surface area contributed by atoms with Crippen LogP contribution >= 0.6 is 11.6 Å². The molecule has 16 heavy (non-hydrogen) atoms. The molecule has 1 saturated heterocycles. The van der Waals surface area contributed by atoms with Gasteiger partial charge in [-0.3, -0.25) is 0 Å². The lowest BCUT2D eigenvalue weighted by Gasteiger charge is -2.18. The van der Waals surface area contributed by atoms with Gasteiger partial charge in [0.1, 0.15) is 16.9 Å². The number of rotatable bonds is 1. The molecule has 84 valence electrons. The molecular weight excluding hydrogens is 224 g/mol. The molecule has 0 saturated carbocycles. The highest BCUT2D eigenvalue weighted by Gasteiger charge is 2.29. The Bertz CT molecular complexity index is 430. The molecule has 5 heteroatoms. The van der Waals surface area contributed by atoms with Crippen LogP contribution in [0.4, 0.5) is 5.82 Å². The minimum absolute atomic E-state index is 0.142. The number of nitriles is 1. The van der Waals surface area contributed by atoms with E-state index in [-0.39, 0.29) is 6.04 Å². The summed E-state index contributed by atoms with van der Waals surface area (Å²) in [5.74, 6) is 1.09. The predicted octanol–water partition coefficient (Wildman–Crippen LogP) is 1.39. The Hall–Kier alpha value is -1.31. The molecule has 1 aromatic rings. The van der Waals surface area contributed by atoms with Gasteiger partial charge in [0.2, 0.25) is 0 Å². The second-order valence-electron chi connectivity index (χ2n) is 4.15. The quantitative estimate of drug-likeness (QED) is 0.800.